The van der Waals surface area contributed by atoms with Crippen LogP contribution in [0, 0.1) is 5.82 Å². The number of rotatable bonds is 5. The maximum atomic E-state index is 14.0. The number of ether oxygens (including phenoxy) is 2. The lowest BCUT2D eigenvalue weighted by Crippen LogP contribution is -2.43. The minimum Gasteiger partial charge on any atom is -0.432 e. The zero-order chi connectivity index (χ0) is 18.7. The van der Waals surface area contributed by atoms with Gasteiger partial charge < -0.3 is 9.47 Å². The molecule has 0 amide bonds. The normalized spacial score (nSPS) is 18.8. The van der Waals surface area contributed by atoms with Crippen LogP contribution in [0.15, 0.2) is 53.4 Å². The van der Waals surface area contributed by atoms with Crippen LogP contribution in [0.1, 0.15) is 11.6 Å². The maximum absolute atomic E-state index is 14.0. The van der Waals surface area contributed by atoms with Crippen molar-refractivity contribution < 1.29 is 31.1 Å². The Morgan fingerprint density at radius 1 is 1.15 bits per heavy atom. The number of halogens is 3. The van der Waals surface area contributed by atoms with Crippen LogP contribution >= 0.6 is 0 Å². The molecule has 1 aliphatic rings. The largest absolute Gasteiger partial charge is 0.432 e. The van der Waals surface area contributed by atoms with E-state index in [1.807, 2.05) is 6.07 Å². The van der Waals surface area contributed by atoms with E-state index >= 15 is 0 Å². The summed E-state index contributed by atoms with van der Waals surface area (Å²) < 4.78 is 75.0. The van der Waals surface area contributed by atoms with E-state index in [1.165, 1.54) is 4.31 Å². The molecule has 1 unspecified atom stereocenters. The maximum Gasteiger partial charge on any atom is 0.387 e. The van der Waals surface area contributed by atoms with Crippen molar-refractivity contribution in [2.75, 3.05) is 19.8 Å². The van der Waals surface area contributed by atoms with Crippen molar-refractivity contribution in [1.29, 1.82) is 0 Å². The molecule has 140 valence electrons. The predicted octanol–water partition coefficient (Wildman–Crippen LogP) is 3.19. The molecule has 0 N–H and O–H groups in total. The number of hydrogen-bond donors (Lipinski definition) is 0. The van der Waals surface area contributed by atoms with E-state index in [1.54, 1.807) is 24.3 Å². The van der Waals surface area contributed by atoms with Gasteiger partial charge in [-0.3, -0.25) is 0 Å². The number of nitrogens with zero attached hydrogens (tertiary/aromatic N) is 1. The van der Waals surface area contributed by atoms with Crippen LogP contribution in [0.4, 0.5) is 13.2 Å². The van der Waals surface area contributed by atoms with Gasteiger partial charge in [-0.05, 0) is 23.8 Å². The van der Waals surface area contributed by atoms with Crippen molar-refractivity contribution in [2.24, 2.45) is 0 Å². The summed E-state index contributed by atoms with van der Waals surface area (Å²) in [6.07, 6.45) is 0. The molecule has 26 heavy (non-hydrogen) atoms. The number of sulfonamides is 1. The van der Waals surface area contributed by atoms with Gasteiger partial charge in [-0.15, -0.1) is 0 Å². The average molecular weight is 387 g/mol. The van der Waals surface area contributed by atoms with Crippen LogP contribution in [0.25, 0.3) is 0 Å². The Morgan fingerprint density at radius 2 is 1.88 bits per heavy atom. The van der Waals surface area contributed by atoms with Gasteiger partial charge in [0.15, 0.2) is 11.6 Å². The van der Waals surface area contributed by atoms with Gasteiger partial charge in [0.2, 0.25) is 10.0 Å². The third kappa shape index (κ3) is 3.84. The van der Waals surface area contributed by atoms with E-state index in [0.29, 0.717) is 6.07 Å². The van der Waals surface area contributed by atoms with Crippen LogP contribution in [0.2, 0.25) is 0 Å². The summed E-state index contributed by atoms with van der Waals surface area (Å²) in [6, 6.07) is 11.0. The molecule has 1 fully saturated rings. The SMILES string of the molecule is O=S(=O)(c1ccc(OC(F)F)c(F)c1)N1CCOCC1c1ccccc1. The molecule has 0 bridgehead atoms. The lowest BCUT2D eigenvalue weighted by Gasteiger charge is -2.34. The van der Waals surface area contributed by atoms with Crippen LogP contribution in [0.5, 0.6) is 5.75 Å². The second kappa shape index (κ2) is 7.65. The fraction of sp³-hybridized carbons (Fsp3) is 0.294. The molecule has 0 radical (unpaired) electrons. The second-order valence-corrected chi connectivity index (χ2v) is 7.48. The van der Waals surface area contributed by atoms with Crippen molar-refractivity contribution >= 4 is 10.0 Å². The zero-order valence-corrected chi connectivity index (χ0v) is 14.3. The molecule has 1 aliphatic heterocycles. The predicted molar refractivity (Wildman–Crippen MR) is 86.9 cm³/mol. The molecule has 9 heteroatoms. The van der Waals surface area contributed by atoms with Gasteiger partial charge >= 0.3 is 6.61 Å². The van der Waals surface area contributed by atoms with Crippen molar-refractivity contribution in [1.82, 2.24) is 4.31 Å². The summed E-state index contributed by atoms with van der Waals surface area (Å²) in [6.45, 7) is -2.73. The summed E-state index contributed by atoms with van der Waals surface area (Å²) in [5.74, 6) is -1.88. The summed E-state index contributed by atoms with van der Waals surface area (Å²) >= 11 is 0. The molecule has 3 rings (SSSR count). The number of benzene rings is 2. The topological polar surface area (TPSA) is 55.8 Å². The smallest absolute Gasteiger partial charge is 0.387 e. The third-order valence-electron chi connectivity index (χ3n) is 3.99. The molecule has 1 saturated heterocycles. The van der Waals surface area contributed by atoms with Gasteiger partial charge in [0, 0.05) is 6.54 Å². The zero-order valence-electron chi connectivity index (χ0n) is 13.5. The van der Waals surface area contributed by atoms with Crippen LogP contribution in [0.3, 0.4) is 0 Å². The van der Waals surface area contributed by atoms with Crippen molar-refractivity contribution in [3.63, 3.8) is 0 Å². The lowest BCUT2D eigenvalue weighted by molar-refractivity contribution is -0.0522. The molecule has 0 aliphatic carbocycles. The number of morpholine rings is 1. The molecule has 5 nitrogen and oxygen atoms in total. The van der Waals surface area contributed by atoms with E-state index in [9.17, 15) is 21.6 Å². The van der Waals surface area contributed by atoms with Crippen molar-refractivity contribution in [3.05, 3.63) is 59.9 Å². The van der Waals surface area contributed by atoms with E-state index in [-0.39, 0.29) is 24.7 Å². The Hall–Kier alpha value is -2.10. The molecular formula is C17H16F3NO4S. The van der Waals surface area contributed by atoms with Gasteiger partial charge in [-0.1, -0.05) is 30.3 Å². The molecular weight excluding hydrogens is 371 g/mol. The highest BCUT2D eigenvalue weighted by atomic mass is 32.2. The average Bonchev–Trinajstić information content (AvgIpc) is 2.63. The Labute approximate surface area is 149 Å². The first-order chi connectivity index (χ1) is 12.4. The summed E-state index contributed by atoms with van der Waals surface area (Å²) in [5.41, 5.74) is 0.744. The molecule has 0 saturated carbocycles. The Balaban J connectivity index is 1.94. The van der Waals surface area contributed by atoms with Gasteiger partial charge in [-0.2, -0.15) is 13.1 Å². The molecule has 2 aromatic rings. The highest BCUT2D eigenvalue weighted by Gasteiger charge is 2.35. The van der Waals surface area contributed by atoms with E-state index in [4.69, 9.17) is 4.74 Å². The van der Waals surface area contributed by atoms with Crippen LogP contribution in [-0.2, 0) is 14.8 Å². The molecule has 1 atom stereocenters. The minimum atomic E-state index is -4.06. The first-order valence-electron chi connectivity index (χ1n) is 7.78. The number of alkyl halides is 2. The molecule has 1 heterocycles. The van der Waals surface area contributed by atoms with Crippen molar-refractivity contribution in [3.8, 4) is 5.75 Å². The third-order valence-corrected chi connectivity index (χ3v) is 5.89. The summed E-state index contributed by atoms with van der Waals surface area (Å²) in [7, 11) is -4.06. The molecule has 0 aromatic heterocycles. The van der Waals surface area contributed by atoms with E-state index < -0.39 is 34.2 Å². The first kappa shape index (κ1) is 18.7. The van der Waals surface area contributed by atoms with Gasteiger partial charge in [0.05, 0.1) is 24.2 Å². The lowest BCUT2D eigenvalue weighted by atomic mass is 10.1. The van der Waals surface area contributed by atoms with Crippen LogP contribution < -0.4 is 4.74 Å². The minimum absolute atomic E-state index is 0.0960. The van der Waals surface area contributed by atoms with Gasteiger partial charge in [0.25, 0.3) is 0 Å². The first-order valence-corrected chi connectivity index (χ1v) is 9.22. The highest BCUT2D eigenvalue weighted by Crippen LogP contribution is 2.32. The monoisotopic (exact) mass is 387 g/mol. The Kier molecular flexibility index (Phi) is 5.49. The fourth-order valence-corrected chi connectivity index (χ4v) is 4.38. The number of hydrogen-bond acceptors (Lipinski definition) is 4. The second-order valence-electron chi connectivity index (χ2n) is 5.59. The van der Waals surface area contributed by atoms with Gasteiger partial charge in [0.1, 0.15) is 0 Å². The summed E-state index contributed by atoms with van der Waals surface area (Å²) in [5, 5.41) is 0. The summed E-state index contributed by atoms with van der Waals surface area (Å²) in [4.78, 5) is -0.334. The standard InChI is InChI=1S/C17H16F3NO4S/c18-14-10-13(6-7-16(14)25-17(19)20)26(22,23)21-8-9-24-11-15(21)12-4-2-1-3-5-12/h1-7,10,15,17H,8-9,11H2. The quantitative estimate of drug-likeness (QED) is 0.791. The Bertz CT molecular complexity index is 862. The Morgan fingerprint density at radius 3 is 2.54 bits per heavy atom. The molecule has 2 aromatic carbocycles. The molecule has 0 spiro atoms. The van der Waals surface area contributed by atoms with E-state index in [2.05, 4.69) is 4.74 Å². The highest BCUT2D eigenvalue weighted by molar-refractivity contribution is 7.89. The van der Waals surface area contributed by atoms with Crippen molar-refractivity contribution in [2.45, 2.75) is 17.5 Å². The van der Waals surface area contributed by atoms with E-state index in [0.717, 1.165) is 17.7 Å². The van der Waals surface area contributed by atoms with Gasteiger partial charge in [-0.25, -0.2) is 12.8 Å². The fourth-order valence-electron chi connectivity index (χ4n) is 2.78. The van der Waals surface area contributed by atoms with Crippen LogP contribution in [-0.4, -0.2) is 39.1 Å².